The standard InChI is InChI=1S/C12H17N5/c1-7-5-10(17(3)4)14-6-9(7)11-8(2)15-16-12(11)13/h5-6H,1-4H3,(H3,13,15,16). The summed E-state index contributed by atoms with van der Waals surface area (Å²) < 4.78 is 0. The highest BCUT2D eigenvalue weighted by Gasteiger charge is 2.13. The monoisotopic (exact) mass is 231 g/mol. The number of nitrogen functional groups attached to an aromatic ring is 1. The minimum Gasteiger partial charge on any atom is -0.382 e. The maximum Gasteiger partial charge on any atom is 0.153 e. The van der Waals surface area contributed by atoms with Gasteiger partial charge in [0.05, 0.1) is 0 Å². The van der Waals surface area contributed by atoms with Crippen molar-refractivity contribution >= 4 is 11.6 Å². The van der Waals surface area contributed by atoms with Crippen molar-refractivity contribution in [3.05, 3.63) is 23.5 Å². The quantitative estimate of drug-likeness (QED) is 0.825. The van der Waals surface area contributed by atoms with Crippen LogP contribution in [0.2, 0.25) is 0 Å². The minimum absolute atomic E-state index is 0.519. The Bertz CT molecular complexity index is 522. The highest BCUT2D eigenvalue weighted by molar-refractivity contribution is 5.78. The van der Waals surface area contributed by atoms with Crippen molar-refractivity contribution in [2.75, 3.05) is 24.7 Å². The molecule has 0 unspecified atom stereocenters. The number of anilines is 2. The number of H-pyrrole nitrogens is 1. The zero-order valence-electron chi connectivity index (χ0n) is 10.6. The van der Waals surface area contributed by atoms with Crippen molar-refractivity contribution in [3.63, 3.8) is 0 Å². The van der Waals surface area contributed by atoms with E-state index in [2.05, 4.69) is 22.1 Å². The van der Waals surface area contributed by atoms with Crippen molar-refractivity contribution in [3.8, 4) is 11.1 Å². The Labute approximate surface area is 101 Å². The summed E-state index contributed by atoms with van der Waals surface area (Å²) in [5.41, 5.74) is 9.93. The molecule has 0 bridgehead atoms. The molecule has 0 saturated heterocycles. The first kappa shape index (κ1) is 11.4. The summed E-state index contributed by atoms with van der Waals surface area (Å²) in [5, 5.41) is 6.89. The highest BCUT2D eigenvalue weighted by Crippen LogP contribution is 2.30. The number of aromatic nitrogens is 3. The van der Waals surface area contributed by atoms with E-state index in [9.17, 15) is 0 Å². The Morgan fingerprint density at radius 2 is 2.00 bits per heavy atom. The molecule has 5 heteroatoms. The van der Waals surface area contributed by atoms with Crippen LogP contribution in [0, 0.1) is 13.8 Å². The average molecular weight is 231 g/mol. The van der Waals surface area contributed by atoms with Crippen molar-refractivity contribution in [1.29, 1.82) is 0 Å². The number of rotatable bonds is 2. The van der Waals surface area contributed by atoms with Crippen LogP contribution in [0.1, 0.15) is 11.3 Å². The molecule has 0 spiro atoms. The maximum absolute atomic E-state index is 5.86. The van der Waals surface area contributed by atoms with Crippen LogP contribution < -0.4 is 10.6 Å². The molecule has 2 aromatic heterocycles. The molecule has 0 radical (unpaired) electrons. The normalized spacial score (nSPS) is 10.6. The number of aryl methyl sites for hydroxylation is 2. The molecule has 2 rings (SSSR count). The number of hydrogen-bond acceptors (Lipinski definition) is 4. The Kier molecular flexibility index (Phi) is 2.75. The summed E-state index contributed by atoms with van der Waals surface area (Å²) in [6.45, 7) is 4.01. The van der Waals surface area contributed by atoms with Crippen molar-refractivity contribution in [2.24, 2.45) is 0 Å². The van der Waals surface area contributed by atoms with Crippen LogP contribution in [0.15, 0.2) is 12.3 Å². The van der Waals surface area contributed by atoms with Gasteiger partial charge in [-0.1, -0.05) is 0 Å². The van der Waals surface area contributed by atoms with Crippen molar-refractivity contribution in [2.45, 2.75) is 13.8 Å². The fourth-order valence-electron chi connectivity index (χ4n) is 1.84. The number of aromatic amines is 1. The molecule has 0 aromatic carbocycles. The van der Waals surface area contributed by atoms with Crippen LogP contribution >= 0.6 is 0 Å². The van der Waals surface area contributed by atoms with E-state index >= 15 is 0 Å². The molecule has 2 heterocycles. The molecule has 0 fully saturated rings. The van der Waals surface area contributed by atoms with Gasteiger partial charge in [0.2, 0.25) is 0 Å². The molecule has 90 valence electrons. The molecule has 0 aliphatic carbocycles. The highest BCUT2D eigenvalue weighted by atomic mass is 15.2. The van der Waals surface area contributed by atoms with Crippen LogP contribution in [0.25, 0.3) is 11.1 Å². The third kappa shape index (κ3) is 1.95. The van der Waals surface area contributed by atoms with E-state index in [1.807, 2.05) is 38.2 Å². The van der Waals surface area contributed by atoms with Gasteiger partial charge in [-0.3, -0.25) is 5.10 Å². The lowest BCUT2D eigenvalue weighted by atomic mass is 10.0. The lowest BCUT2D eigenvalue weighted by molar-refractivity contribution is 1.05. The molecular formula is C12H17N5. The lowest BCUT2D eigenvalue weighted by Gasteiger charge is -2.13. The third-order valence-electron chi connectivity index (χ3n) is 2.80. The van der Waals surface area contributed by atoms with Gasteiger partial charge in [-0.05, 0) is 25.5 Å². The van der Waals surface area contributed by atoms with Gasteiger partial charge in [0.25, 0.3) is 0 Å². The second-order valence-electron chi connectivity index (χ2n) is 4.36. The van der Waals surface area contributed by atoms with Gasteiger partial charge >= 0.3 is 0 Å². The predicted octanol–water partition coefficient (Wildman–Crippen LogP) is 1.74. The average Bonchev–Trinajstić information content (AvgIpc) is 2.59. The number of hydrogen-bond donors (Lipinski definition) is 2. The van der Waals surface area contributed by atoms with E-state index in [0.29, 0.717) is 5.82 Å². The first-order valence-electron chi connectivity index (χ1n) is 5.45. The van der Waals surface area contributed by atoms with Crippen LogP contribution in [-0.2, 0) is 0 Å². The van der Waals surface area contributed by atoms with Crippen LogP contribution in [0.4, 0.5) is 11.6 Å². The van der Waals surface area contributed by atoms with Gasteiger partial charge in [-0.2, -0.15) is 5.10 Å². The van der Waals surface area contributed by atoms with Crippen LogP contribution in [0.3, 0.4) is 0 Å². The van der Waals surface area contributed by atoms with Gasteiger partial charge in [-0.15, -0.1) is 0 Å². The first-order chi connectivity index (χ1) is 8.00. The van der Waals surface area contributed by atoms with Crippen molar-refractivity contribution in [1.82, 2.24) is 15.2 Å². The van der Waals surface area contributed by atoms with E-state index in [1.54, 1.807) is 0 Å². The predicted molar refractivity (Wildman–Crippen MR) is 70.0 cm³/mol. The Balaban J connectivity index is 2.54. The Morgan fingerprint density at radius 1 is 1.29 bits per heavy atom. The van der Waals surface area contributed by atoms with Crippen molar-refractivity contribution < 1.29 is 0 Å². The lowest BCUT2D eigenvalue weighted by Crippen LogP contribution is -2.10. The fraction of sp³-hybridized carbons (Fsp3) is 0.333. The second-order valence-corrected chi connectivity index (χ2v) is 4.36. The summed E-state index contributed by atoms with van der Waals surface area (Å²) >= 11 is 0. The number of nitrogens with zero attached hydrogens (tertiary/aromatic N) is 3. The van der Waals surface area contributed by atoms with E-state index in [0.717, 1.165) is 28.2 Å². The molecule has 0 amide bonds. The van der Waals surface area contributed by atoms with Gasteiger partial charge < -0.3 is 10.6 Å². The molecular weight excluding hydrogens is 214 g/mol. The summed E-state index contributed by atoms with van der Waals surface area (Å²) in [7, 11) is 3.94. The van der Waals surface area contributed by atoms with Gasteiger partial charge in [0, 0.05) is 37.1 Å². The topological polar surface area (TPSA) is 70.8 Å². The second kappa shape index (κ2) is 4.08. The maximum atomic E-state index is 5.86. The zero-order chi connectivity index (χ0) is 12.6. The van der Waals surface area contributed by atoms with E-state index in [4.69, 9.17) is 5.73 Å². The van der Waals surface area contributed by atoms with Gasteiger partial charge in [-0.25, -0.2) is 4.98 Å². The summed E-state index contributed by atoms with van der Waals surface area (Å²) in [4.78, 5) is 6.38. The van der Waals surface area contributed by atoms with E-state index in [1.165, 1.54) is 0 Å². The smallest absolute Gasteiger partial charge is 0.153 e. The van der Waals surface area contributed by atoms with Gasteiger partial charge in [0.15, 0.2) is 5.82 Å². The fourth-order valence-corrected chi connectivity index (χ4v) is 1.84. The Morgan fingerprint density at radius 3 is 2.47 bits per heavy atom. The molecule has 3 N–H and O–H groups in total. The largest absolute Gasteiger partial charge is 0.382 e. The molecule has 0 atom stereocenters. The SMILES string of the molecule is Cc1cc(N(C)C)ncc1-c1c(N)n[nH]c1C. The molecule has 2 aromatic rings. The molecule has 5 nitrogen and oxygen atoms in total. The Hall–Kier alpha value is -2.04. The van der Waals surface area contributed by atoms with Crippen LogP contribution in [-0.4, -0.2) is 29.3 Å². The van der Waals surface area contributed by atoms with E-state index in [-0.39, 0.29) is 0 Å². The minimum atomic E-state index is 0.519. The van der Waals surface area contributed by atoms with Gasteiger partial charge in [0.1, 0.15) is 5.82 Å². The third-order valence-corrected chi connectivity index (χ3v) is 2.80. The number of pyridine rings is 1. The summed E-state index contributed by atoms with van der Waals surface area (Å²) in [6.07, 6.45) is 1.85. The zero-order valence-corrected chi connectivity index (χ0v) is 10.6. The molecule has 17 heavy (non-hydrogen) atoms. The first-order valence-corrected chi connectivity index (χ1v) is 5.45. The van der Waals surface area contributed by atoms with E-state index < -0.39 is 0 Å². The summed E-state index contributed by atoms with van der Waals surface area (Å²) in [5.74, 6) is 1.45. The van der Waals surface area contributed by atoms with Crippen LogP contribution in [0.5, 0.6) is 0 Å². The molecule has 0 aliphatic rings. The number of nitrogens with two attached hydrogens (primary N) is 1. The molecule has 0 saturated carbocycles. The summed E-state index contributed by atoms with van der Waals surface area (Å²) in [6, 6.07) is 2.04. The molecule has 0 aliphatic heterocycles. The number of nitrogens with one attached hydrogen (secondary N) is 1.